The molecule has 1 spiro atoms. The summed E-state index contributed by atoms with van der Waals surface area (Å²) in [4.78, 5) is 23.2. The number of nitrogens with one attached hydrogen (secondary N) is 1. The lowest BCUT2D eigenvalue weighted by Gasteiger charge is -2.62. The first-order valence-electron chi connectivity index (χ1n) is 6.99. The Kier molecular flexibility index (Phi) is 1.86. The van der Waals surface area contributed by atoms with Gasteiger partial charge in [0, 0.05) is 17.9 Å². The van der Waals surface area contributed by atoms with Crippen molar-refractivity contribution in [2.24, 2.45) is 17.3 Å². The van der Waals surface area contributed by atoms with Gasteiger partial charge in [-0.3, -0.25) is 9.59 Å². The topological polar surface area (TPSA) is 55.4 Å². The average Bonchev–Trinajstić information content (AvgIpc) is 2.51. The van der Waals surface area contributed by atoms with Crippen LogP contribution < -0.4 is 5.32 Å². The third-order valence-electron chi connectivity index (χ3n) is 5.58. The van der Waals surface area contributed by atoms with Gasteiger partial charge in [-0.05, 0) is 43.9 Å². The molecule has 1 N–H and O–H groups in total. The monoisotopic (exact) mass is 249 g/mol. The Bertz CT molecular complexity index is 448. The fraction of sp³-hybridized carbons (Fsp3) is 0.857. The van der Waals surface area contributed by atoms with Crippen molar-refractivity contribution < 1.29 is 14.3 Å². The summed E-state index contributed by atoms with van der Waals surface area (Å²) in [6, 6.07) is 0. The summed E-state index contributed by atoms with van der Waals surface area (Å²) in [6.45, 7) is 1.60. The van der Waals surface area contributed by atoms with Crippen LogP contribution in [0.5, 0.6) is 0 Å². The van der Waals surface area contributed by atoms with Gasteiger partial charge in [0.25, 0.3) is 0 Å². The first-order chi connectivity index (χ1) is 8.50. The lowest BCUT2D eigenvalue weighted by atomic mass is 9.45. The van der Waals surface area contributed by atoms with E-state index < -0.39 is 0 Å². The molecule has 0 aromatic carbocycles. The Morgan fingerprint density at radius 2 is 2.22 bits per heavy atom. The summed E-state index contributed by atoms with van der Waals surface area (Å²) in [6.07, 6.45) is 6.08. The lowest BCUT2D eigenvalue weighted by molar-refractivity contribution is -0.164. The molecule has 1 amide bonds. The van der Waals surface area contributed by atoms with Gasteiger partial charge in [-0.1, -0.05) is 0 Å². The van der Waals surface area contributed by atoms with E-state index in [1.54, 1.807) is 6.92 Å². The van der Waals surface area contributed by atoms with E-state index in [4.69, 9.17) is 4.74 Å². The van der Waals surface area contributed by atoms with Gasteiger partial charge < -0.3 is 10.1 Å². The molecule has 4 unspecified atom stereocenters. The van der Waals surface area contributed by atoms with Crippen LogP contribution >= 0.6 is 0 Å². The highest BCUT2D eigenvalue weighted by Crippen LogP contribution is 2.65. The number of hydrogen-bond donors (Lipinski definition) is 1. The second kappa shape index (κ2) is 3.09. The number of rotatable bonds is 1. The zero-order chi connectivity index (χ0) is 12.5. The highest BCUT2D eigenvalue weighted by atomic mass is 16.6. The molecule has 5 rings (SSSR count). The van der Waals surface area contributed by atoms with E-state index in [-0.39, 0.29) is 28.9 Å². The van der Waals surface area contributed by atoms with Crippen LogP contribution in [0.4, 0.5) is 0 Å². The van der Waals surface area contributed by atoms with Crippen molar-refractivity contribution in [3.05, 3.63) is 0 Å². The summed E-state index contributed by atoms with van der Waals surface area (Å²) in [5, 5.41) is 3.20. The van der Waals surface area contributed by atoms with Crippen molar-refractivity contribution in [2.45, 2.75) is 57.1 Å². The Morgan fingerprint density at radius 1 is 1.39 bits per heavy atom. The number of amides is 1. The normalized spacial score (nSPS) is 52.1. The van der Waals surface area contributed by atoms with Crippen LogP contribution in [0.15, 0.2) is 0 Å². The summed E-state index contributed by atoms with van der Waals surface area (Å²) < 4.78 is 5.59. The maximum Gasteiger partial charge on any atom is 0.306 e. The Hall–Kier alpha value is -1.06. The van der Waals surface area contributed by atoms with E-state index in [9.17, 15) is 9.59 Å². The van der Waals surface area contributed by atoms with Gasteiger partial charge in [-0.15, -0.1) is 0 Å². The van der Waals surface area contributed by atoms with Crippen LogP contribution in [0, 0.1) is 17.3 Å². The van der Waals surface area contributed by atoms with Gasteiger partial charge in [-0.2, -0.15) is 0 Å². The van der Waals surface area contributed by atoms with Gasteiger partial charge in [0.1, 0.15) is 6.10 Å². The number of esters is 1. The summed E-state index contributed by atoms with van der Waals surface area (Å²) in [5.74, 6) is 1.20. The SMILES string of the molecule is CC(=O)NC12CC3CC(C1)[C@H]1OC(=O)CC1(C3)C2. The molecule has 1 heterocycles. The van der Waals surface area contributed by atoms with Crippen molar-refractivity contribution in [1.29, 1.82) is 0 Å². The Balaban J connectivity index is 1.73. The Labute approximate surface area is 106 Å². The van der Waals surface area contributed by atoms with Gasteiger partial charge in [0.15, 0.2) is 0 Å². The fourth-order valence-corrected chi connectivity index (χ4v) is 5.75. The second-order valence-electron chi connectivity index (χ2n) is 7.06. The van der Waals surface area contributed by atoms with Crippen LogP contribution in [-0.2, 0) is 14.3 Å². The first kappa shape index (κ1) is 10.8. The molecule has 4 bridgehead atoms. The molecular weight excluding hydrogens is 230 g/mol. The molecule has 4 heteroatoms. The molecule has 0 radical (unpaired) electrons. The van der Waals surface area contributed by atoms with Crippen LogP contribution in [0.3, 0.4) is 0 Å². The van der Waals surface area contributed by atoms with E-state index in [1.807, 2.05) is 0 Å². The molecule has 98 valence electrons. The molecule has 4 saturated carbocycles. The number of ether oxygens (including phenoxy) is 1. The lowest BCUT2D eigenvalue weighted by Crippen LogP contribution is -2.66. The van der Waals surface area contributed by atoms with Crippen molar-refractivity contribution in [1.82, 2.24) is 5.32 Å². The predicted molar refractivity (Wildman–Crippen MR) is 63.5 cm³/mol. The zero-order valence-corrected chi connectivity index (χ0v) is 10.7. The molecule has 18 heavy (non-hydrogen) atoms. The van der Waals surface area contributed by atoms with E-state index in [0.29, 0.717) is 18.3 Å². The minimum atomic E-state index is -0.0395. The molecule has 5 fully saturated rings. The van der Waals surface area contributed by atoms with E-state index in [1.165, 1.54) is 6.42 Å². The molecule has 4 nitrogen and oxygen atoms in total. The van der Waals surface area contributed by atoms with Crippen molar-refractivity contribution in [3.8, 4) is 0 Å². The van der Waals surface area contributed by atoms with Crippen molar-refractivity contribution >= 4 is 11.9 Å². The standard InChI is InChI=1S/C14H19NO3/c1-8(16)15-14-4-9-2-10(5-14)12-13(3-9,7-14)6-11(17)18-12/h9-10,12H,2-7H2,1H3,(H,15,16)/t9?,10?,12-,13?,14?/m1/s1. The molecule has 5 aliphatic rings. The third kappa shape index (κ3) is 1.26. The van der Waals surface area contributed by atoms with Crippen LogP contribution in [0.2, 0.25) is 0 Å². The molecule has 5 atom stereocenters. The zero-order valence-electron chi connectivity index (χ0n) is 10.7. The van der Waals surface area contributed by atoms with Gasteiger partial charge >= 0.3 is 5.97 Å². The van der Waals surface area contributed by atoms with Crippen LogP contribution in [0.25, 0.3) is 0 Å². The highest BCUT2D eigenvalue weighted by Gasteiger charge is 2.67. The minimum absolute atomic E-state index is 0.0221. The summed E-state index contributed by atoms with van der Waals surface area (Å²) in [7, 11) is 0. The first-order valence-corrected chi connectivity index (χ1v) is 6.99. The molecule has 0 aromatic heterocycles. The van der Waals surface area contributed by atoms with E-state index >= 15 is 0 Å². The van der Waals surface area contributed by atoms with Gasteiger partial charge in [-0.25, -0.2) is 0 Å². The highest BCUT2D eigenvalue weighted by molar-refractivity contribution is 5.75. The van der Waals surface area contributed by atoms with Crippen LogP contribution in [-0.4, -0.2) is 23.5 Å². The molecule has 0 aromatic rings. The largest absolute Gasteiger partial charge is 0.461 e. The number of hydrogen-bond acceptors (Lipinski definition) is 3. The third-order valence-corrected chi connectivity index (χ3v) is 5.58. The molecule has 1 aliphatic heterocycles. The maximum atomic E-state index is 11.7. The maximum absolute atomic E-state index is 11.7. The van der Waals surface area contributed by atoms with E-state index in [2.05, 4.69) is 5.32 Å². The van der Waals surface area contributed by atoms with Gasteiger partial charge in [0.2, 0.25) is 5.91 Å². The van der Waals surface area contributed by atoms with E-state index in [0.717, 1.165) is 25.7 Å². The molecule has 4 aliphatic carbocycles. The second-order valence-corrected chi connectivity index (χ2v) is 7.06. The quantitative estimate of drug-likeness (QED) is 0.714. The fourth-order valence-electron chi connectivity index (χ4n) is 5.75. The Morgan fingerprint density at radius 3 is 3.00 bits per heavy atom. The van der Waals surface area contributed by atoms with Crippen molar-refractivity contribution in [3.63, 3.8) is 0 Å². The average molecular weight is 249 g/mol. The van der Waals surface area contributed by atoms with Crippen molar-refractivity contribution in [2.75, 3.05) is 0 Å². The molecular formula is C14H19NO3. The van der Waals surface area contributed by atoms with Crippen LogP contribution in [0.1, 0.15) is 45.4 Å². The summed E-state index contributed by atoms with van der Waals surface area (Å²) >= 11 is 0. The summed E-state index contributed by atoms with van der Waals surface area (Å²) in [5.41, 5.74) is 0.00572. The smallest absolute Gasteiger partial charge is 0.306 e. The minimum Gasteiger partial charge on any atom is -0.461 e. The predicted octanol–water partition coefficient (Wildman–Crippen LogP) is 1.39. The number of carbonyl (C=O) groups is 2. The van der Waals surface area contributed by atoms with Gasteiger partial charge in [0.05, 0.1) is 6.42 Å². The number of carbonyl (C=O) groups excluding carboxylic acids is 2. The molecule has 1 saturated heterocycles.